The SMILES string of the molecule is CCOc1ccc(/C=C/C(=O)NCc2cccc(C(N)=O)c2)cc1OC. The Bertz CT molecular complexity index is 815. The zero-order valence-electron chi connectivity index (χ0n) is 14.8. The molecule has 0 fully saturated rings. The first-order valence-corrected chi connectivity index (χ1v) is 8.19. The first-order valence-electron chi connectivity index (χ1n) is 8.19. The van der Waals surface area contributed by atoms with Gasteiger partial charge in [-0.1, -0.05) is 18.2 Å². The van der Waals surface area contributed by atoms with E-state index < -0.39 is 5.91 Å². The van der Waals surface area contributed by atoms with Gasteiger partial charge in [-0.2, -0.15) is 0 Å². The predicted molar refractivity (Wildman–Crippen MR) is 100 cm³/mol. The molecule has 2 aromatic rings. The summed E-state index contributed by atoms with van der Waals surface area (Å²) in [4.78, 5) is 23.2. The quantitative estimate of drug-likeness (QED) is 0.713. The molecule has 0 heterocycles. The van der Waals surface area contributed by atoms with Crippen LogP contribution in [0.3, 0.4) is 0 Å². The van der Waals surface area contributed by atoms with Crippen LogP contribution in [0.2, 0.25) is 0 Å². The van der Waals surface area contributed by atoms with E-state index in [9.17, 15) is 9.59 Å². The monoisotopic (exact) mass is 354 g/mol. The fourth-order valence-electron chi connectivity index (χ4n) is 2.32. The van der Waals surface area contributed by atoms with Gasteiger partial charge >= 0.3 is 0 Å². The Kier molecular flexibility index (Phi) is 6.79. The number of rotatable bonds is 8. The van der Waals surface area contributed by atoms with E-state index >= 15 is 0 Å². The normalized spacial score (nSPS) is 10.5. The third-order valence-electron chi connectivity index (χ3n) is 3.59. The Morgan fingerprint density at radius 2 is 1.96 bits per heavy atom. The van der Waals surface area contributed by atoms with Crippen LogP contribution in [0, 0.1) is 0 Å². The minimum Gasteiger partial charge on any atom is -0.493 e. The van der Waals surface area contributed by atoms with Gasteiger partial charge in [-0.05, 0) is 48.4 Å². The van der Waals surface area contributed by atoms with Gasteiger partial charge in [0.25, 0.3) is 0 Å². The number of ether oxygens (including phenoxy) is 2. The molecule has 0 unspecified atom stereocenters. The van der Waals surface area contributed by atoms with Crippen molar-refractivity contribution in [3.8, 4) is 11.5 Å². The second kappa shape index (κ2) is 9.27. The van der Waals surface area contributed by atoms with Crippen LogP contribution in [-0.2, 0) is 11.3 Å². The highest BCUT2D eigenvalue weighted by Crippen LogP contribution is 2.28. The van der Waals surface area contributed by atoms with Gasteiger partial charge in [0, 0.05) is 18.2 Å². The zero-order chi connectivity index (χ0) is 18.9. The molecule has 6 heteroatoms. The van der Waals surface area contributed by atoms with Crippen LogP contribution in [0.5, 0.6) is 11.5 Å². The van der Waals surface area contributed by atoms with Crippen molar-refractivity contribution in [1.82, 2.24) is 5.32 Å². The van der Waals surface area contributed by atoms with Crippen molar-refractivity contribution < 1.29 is 19.1 Å². The van der Waals surface area contributed by atoms with Crippen LogP contribution in [0.1, 0.15) is 28.4 Å². The molecule has 0 bridgehead atoms. The summed E-state index contributed by atoms with van der Waals surface area (Å²) in [5.74, 6) is 0.522. The highest BCUT2D eigenvalue weighted by molar-refractivity contribution is 5.93. The summed E-state index contributed by atoms with van der Waals surface area (Å²) < 4.78 is 10.7. The lowest BCUT2D eigenvalue weighted by Crippen LogP contribution is -2.20. The van der Waals surface area contributed by atoms with E-state index in [1.165, 1.54) is 6.08 Å². The molecule has 0 aliphatic carbocycles. The summed E-state index contributed by atoms with van der Waals surface area (Å²) in [7, 11) is 1.57. The van der Waals surface area contributed by atoms with Gasteiger partial charge in [0.15, 0.2) is 11.5 Å². The van der Waals surface area contributed by atoms with E-state index in [-0.39, 0.29) is 5.91 Å². The van der Waals surface area contributed by atoms with Crippen LogP contribution in [0.4, 0.5) is 0 Å². The minimum absolute atomic E-state index is 0.248. The molecule has 3 N–H and O–H groups in total. The molecular formula is C20H22N2O4. The second-order valence-electron chi connectivity index (χ2n) is 5.46. The maximum absolute atomic E-state index is 12.0. The third kappa shape index (κ3) is 5.37. The molecule has 0 aliphatic rings. The molecular weight excluding hydrogens is 332 g/mol. The summed E-state index contributed by atoms with van der Waals surface area (Å²) in [5, 5.41) is 2.76. The van der Waals surface area contributed by atoms with Gasteiger partial charge in [-0.15, -0.1) is 0 Å². The van der Waals surface area contributed by atoms with E-state index in [2.05, 4.69) is 5.32 Å². The average molecular weight is 354 g/mol. The average Bonchev–Trinajstić information content (AvgIpc) is 2.66. The number of benzene rings is 2. The first kappa shape index (κ1) is 19.1. The number of methoxy groups -OCH3 is 1. The fraction of sp³-hybridized carbons (Fsp3) is 0.200. The Balaban J connectivity index is 1.97. The molecule has 2 rings (SSSR count). The van der Waals surface area contributed by atoms with E-state index in [1.54, 1.807) is 43.5 Å². The molecule has 0 atom stereocenters. The smallest absolute Gasteiger partial charge is 0.248 e. The Hall–Kier alpha value is -3.28. The third-order valence-corrected chi connectivity index (χ3v) is 3.59. The van der Waals surface area contributed by atoms with Crippen LogP contribution >= 0.6 is 0 Å². The molecule has 0 spiro atoms. The number of nitrogens with two attached hydrogens (primary N) is 1. The molecule has 2 aromatic carbocycles. The Labute approximate surface area is 152 Å². The molecule has 0 saturated heterocycles. The summed E-state index contributed by atoms with van der Waals surface area (Å²) in [6.07, 6.45) is 3.13. The van der Waals surface area contributed by atoms with Crippen molar-refractivity contribution in [1.29, 1.82) is 0 Å². The maximum Gasteiger partial charge on any atom is 0.248 e. The second-order valence-corrected chi connectivity index (χ2v) is 5.46. The summed E-state index contributed by atoms with van der Waals surface area (Å²) in [6, 6.07) is 12.3. The molecule has 6 nitrogen and oxygen atoms in total. The maximum atomic E-state index is 12.0. The summed E-state index contributed by atoms with van der Waals surface area (Å²) in [6.45, 7) is 2.75. The molecule has 2 amide bonds. The number of primary amides is 1. The highest BCUT2D eigenvalue weighted by atomic mass is 16.5. The minimum atomic E-state index is -0.498. The van der Waals surface area contributed by atoms with E-state index in [4.69, 9.17) is 15.2 Å². The van der Waals surface area contributed by atoms with E-state index in [1.807, 2.05) is 19.1 Å². The number of carbonyl (C=O) groups is 2. The van der Waals surface area contributed by atoms with Gasteiger partial charge < -0.3 is 20.5 Å². The molecule has 136 valence electrons. The number of hydrogen-bond acceptors (Lipinski definition) is 4. The Morgan fingerprint density at radius 1 is 1.15 bits per heavy atom. The van der Waals surface area contributed by atoms with Crippen molar-refractivity contribution in [2.45, 2.75) is 13.5 Å². The van der Waals surface area contributed by atoms with Crippen LogP contribution in [0.15, 0.2) is 48.5 Å². The van der Waals surface area contributed by atoms with Crippen molar-refractivity contribution in [2.24, 2.45) is 5.73 Å². The van der Waals surface area contributed by atoms with Crippen LogP contribution in [0.25, 0.3) is 6.08 Å². The summed E-state index contributed by atoms with van der Waals surface area (Å²) >= 11 is 0. The molecule has 0 aromatic heterocycles. The van der Waals surface area contributed by atoms with Crippen LogP contribution < -0.4 is 20.5 Å². The molecule has 0 saturated carbocycles. The van der Waals surface area contributed by atoms with Crippen LogP contribution in [-0.4, -0.2) is 25.5 Å². The molecule has 0 aliphatic heterocycles. The van der Waals surface area contributed by atoms with Crippen molar-refractivity contribution in [3.63, 3.8) is 0 Å². The van der Waals surface area contributed by atoms with Gasteiger partial charge in [0.2, 0.25) is 11.8 Å². The van der Waals surface area contributed by atoms with Gasteiger partial charge in [0.05, 0.1) is 13.7 Å². The lowest BCUT2D eigenvalue weighted by atomic mass is 10.1. The topological polar surface area (TPSA) is 90.6 Å². The van der Waals surface area contributed by atoms with Gasteiger partial charge in [-0.25, -0.2) is 0 Å². The summed E-state index contributed by atoms with van der Waals surface area (Å²) in [5.41, 5.74) is 7.27. The lowest BCUT2D eigenvalue weighted by molar-refractivity contribution is -0.116. The zero-order valence-corrected chi connectivity index (χ0v) is 14.8. The highest BCUT2D eigenvalue weighted by Gasteiger charge is 2.05. The van der Waals surface area contributed by atoms with E-state index in [0.717, 1.165) is 11.1 Å². The molecule has 0 radical (unpaired) electrons. The number of hydrogen-bond donors (Lipinski definition) is 2. The van der Waals surface area contributed by atoms with Crippen molar-refractivity contribution in [2.75, 3.05) is 13.7 Å². The number of nitrogens with one attached hydrogen (secondary N) is 1. The standard InChI is InChI=1S/C20H22N2O4/c1-3-26-17-9-7-14(12-18(17)25-2)8-10-19(23)22-13-15-5-4-6-16(11-15)20(21)24/h4-12H,3,13H2,1-2H3,(H2,21,24)(H,22,23)/b10-8+. The van der Waals surface area contributed by atoms with Gasteiger partial charge in [-0.3, -0.25) is 9.59 Å². The predicted octanol–water partition coefficient (Wildman–Crippen LogP) is 2.52. The Morgan fingerprint density at radius 3 is 2.65 bits per heavy atom. The lowest BCUT2D eigenvalue weighted by Gasteiger charge is -2.09. The van der Waals surface area contributed by atoms with Gasteiger partial charge in [0.1, 0.15) is 0 Å². The molecule has 26 heavy (non-hydrogen) atoms. The van der Waals surface area contributed by atoms with Crippen molar-refractivity contribution >= 4 is 17.9 Å². The first-order chi connectivity index (χ1) is 12.5. The fourth-order valence-corrected chi connectivity index (χ4v) is 2.32. The largest absolute Gasteiger partial charge is 0.493 e. The van der Waals surface area contributed by atoms with Crippen molar-refractivity contribution in [3.05, 3.63) is 65.2 Å². The van der Waals surface area contributed by atoms with E-state index in [0.29, 0.717) is 30.2 Å². The number of carbonyl (C=O) groups excluding carboxylic acids is 2. The number of amides is 2.